The lowest BCUT2D eigenvalue weighted by molar-refractivity contribution is 0.0600. The molecule has 0 bridgehead atoms. The average molecular weight is 513 g/mol. The van der Waals surface area contributed by atoms with Gasteiger partial charge < -0.3 is 24.3 Å². The molecular weight excluding hydrogens is 484 g/mol. The Morgan fingerprint density at radius 2 is 1.76 bits per heavy atom. The molecule has 0 spiro atoms. The number of benzene rings is 2. The van der Waals surface area contributed by atoms with E-state index in [1.165, 1.54) is 7.11 Å². The second-order valence-electron chi connectivity index (χ2n) is 8.97. The minimum absolute atomic E-state index is 0.0832. The van der Waals surface area contributed by atoms with Gasteiger partial charge in [0, 0.05) is 23.8 Å². The summed E-state index contributed by atoms with van der Waals surface area (Å²) in [5.41, 5.74) is 3.94. The number of aromatic nitrogens is 2. The SMILES string of the molecule is COC(=O)c1ccccc1-n1cccc1[C@@H]1[C@H](c2ccccn2)NC(=S)N1c1ccc(OC(C)C)cc1. The first-order valence-corrected chi connectivity index (χ1v) is 12.5. The molecule has 37 heavy (non-hydrogen) atoms. The number of carbonyl (C=O) groups is 1. The molecule has 0 unspecified atom stereocenters. The molecule has 2 atom stereocenters. The van der Waals surface area contributed by atoms with Crippen molar-refractivity contribution in [3.05, 3.63) is 108 Å². The van der Waals surface area contributed by atoms with Crippen LogP contribution in [0.1, 0.15) is 47.7 Å². The fourth-order valence-electron chi connectivity index (χ4n) is 4.71. The molecule has 1 aliphatic rings. The molecule has 1 aliphatic heterocycles. The smallest absolute Gasteiger partial charge is 0.339 e. The lowest BCUT2D eigenvalue weighted by Crippen LogP contribution is -2.30. The van der Waals surface area contributed by atoms with Gasteiger partial charge in [0.15, 0.2) is 5.11 Å². The number of nitrogens with zero attached hydrogens (tertiary/aromatic N) is 3. The van der Waals surface area contributed by atoms with Crippen molar-refractivity contribution in [1.82, 2.24) is 14.9 Å². The van der Waals surface area contributed by atoms with Gasteiger partial charge in [-0.15, -0.1) is 0 Å². The second-order valence-corrected chi connectivity index (χ2v) is 9.36. The van der Waals surface area contributed by atoms with Gasteiger partial charge in [0.25, 0.3) is 0 Å². The van der Waals surface area contributed by atoms with Crippen LogP contribution in [-0.2, 0) is 4.74 Å². The Bertz CT molecular complexity index is 1400. The van der Waals surface area contributed by atoms with Crippen LogP contribution in [0.5, 0.6) is 5.75 Å². The number of thiocarbonyl (C=S) groups is 1. The fourth-order valence-corrected chi connectivity index (χ4v) is 5.06. The molecule has 0 radical (unpaired) electrons. The molecule has 2 aromatic heterocycles. The zero-order valence-corrected chi connectivity index (χ0v) is 21.7. The number of rotatable bonds is 7. The predicted octanol–water partition coefficient (Wildman–Crippen LogP) is 5.62. The van der Waals surface area contributed by atoms with Crippen molar-refractivity contribution in [3.63, 3.8) is 0 Å². The summed E-state index contributed by atoms with van der Waals surface area (Å²) in [7, 11) is 1.39. The van der Waals surface area contributed by atoms with E-state index in [0.717, 1.165) is 28.5 Å². The van der Waals surface area contributed by atoms with Crippen molar-refractivity contribution >= 4 is 29.0 Å². The van der Waals surface area contributed by atoms with Crippen LogP contribution in [0.15, 0.2) is 91.3 Å². The zero-order chi connectivity index (χ0) is 25.9. The maximum absolute atomic E-state index is 12.6. The molecule has 2 aromatic carbocycles. The van der Waals surface area contributed by atoms with E-state index in [9.17, 15) is 4.79 Å². The van der Waals surface area contributed by atoms with Crippen molar-refractivity contribution in [2.75, 3.05) is 12.0 Å². The molecule has 1 saturated heterocycles. The first-order valence-electron chi connectivity index (χ1n) is 12.1. The Kier molecular flexibility index (Phi) is 6.92. The minimum Gasteiger partial charge on any atom is -0.491 e. The van der Waals surface area contributed by atoms with Gasteiger partial charge in [-0.05, 0) is 86.7 Å². The largest absolute Gasteiger partial charge is 0.491 e. The molecule has 188 valence electrons. The maximum atomic E-state index is 12.6. The van der Waals surface area contributed by atoms with Gasteiger partial charge in [0.2, 0.25) is 0 Å². The van der Waals surface area contributed by atoms with Crippen LogP contribution in [0.25, 0.3) is 5.69 Å². The van der Waals surface area contributed by atoms with Crippen LogP contribution in [0.3, 0.4) is 0 Å². The van der Waals surface area contributed by atoms with Gasteiger partial charge in [-0.1, -0.05) is 18.2 Å². The number of anilines is 1. The van der Waals surface area contributed by atoms with E-state index in [0.29, 0.717) is 10.7 Å². The third kappa shape index (κ3) is 4.80. The number of pyridine rings is 1. The van der Waals surface area contributed by atoms with Gasteiger partial charge in [-0.3, -0.25) is 4.98 Å². The molecule has 8 heteroatoms. The van der Waals surface area contributed by atoms with Gasteiger partial charge >= 0.3 is 5.97 Å². The Morgan fingerprint density at radius 3 is 2.46 bits per heavy atom. The number of ether oxygens (including phenoxy) is 2. The molecule has 1 N–H and O–H groups in total. The molecule has 1 fully saturated rings. The number of carbonyl (C=O) groups excluding carboxylic acids is 1. The quantitative estimate of drug-likeness (QED) is 0.254. The first kappa shape index (κ1) is 24.5. The molecule has 0 aliphatic carbocycles. The van der Waals surface area contributed by atoms with E-state index >= 15 is 0 Å². The van der Waals surface area contributed by atoms with E-state index in [2.05, 4.69) is 15.2 Å². The topological polar surface area (TPSA) is 68.6 Å². The fraction of sp³-hybridized carbons (Fsp3) is 0.207. The van der Waals surface area contributed by atoms with Gasteiger partial charge in [0.05, 0.1) is 36.2 Å². The third-order valence-electron chi connectivity index (χ3n) is 6.24. The lowest BCUT2D eigenvalue weighted by atomic mass is 10.0. The summed E-state index contributed by atoms with van der Waals surface area (Å²) in [4.78, 5) is 19.3. The Labute approximate surface area is 221 Å². The molecule has 3 heterocycles. The summed E-state index contributed by atoms with van der Waals surface area (Å²) in [6, 6.07) is 24.7. The van der Waals surface area contributed by atoms with E-state index < -0.39 is 5.97 Å². The molecule has 7 nitrogen and oxygen atoms in total. The van der Waals surface area contributed by atoms with Gasteiger partial charge in [-0.25, -0.2) is 4.79 Å². The van der Waals surface area contributed by atoms with E-state index in [-0.39, 0.29) is 18.2 Å². The number of hydrogen-bond donors (Lipinski definition) is 1. The highest BCUT2D eigenvalue weighted by Gasteiger charge is 2.42. The Balaban J connectivity index is 1.64. The number of hydrogen-bond acceptors (Lipinski definition) is 5. The van der Waals surface area contributed by atoms with E-state index in [1.807, 2.05) is 97.4 Å². The van der Waals surface area contributed by atoms with Crippen LogP contribution in [0, 0.1) is 0 Å². The van der Waals surface area contributed by atoms with Crippen molar-refractivity contribution in [1.29, 1.82) is 0 Å². The highest BCUT2D eigenvalue weighted by atomic mass is 32.1. The number of para-hydroxylation sites is 1. The summed E-state index contributed by atoms with van der Waals surface area (Å²) < 4.78 is 12.9. The molecule has 5 rings (SSSR count). The summed E-state index contributed by atoms with van der Waals surface area (Å²) in [5.74, 6) is 0.402. The van der Waals surface area contributed by atoms with Crippen molar-refractivity contribution in [2.45, 2.75) is 32.0 Å². The standard InChI is InChI=1S/C29H28N4O3S/c1-19(2)36-21-15-13-20(14-16-21)33-27(26(31-29(33)37)23-10-6-7-17-30-23)25-12-8-18-32(25)24-11-5-4-9-22(24)28(34)35-3/h4-19,26-27H,1-3H3,(H,31,37)/t26-,27+/m0/s1. The summed E-state index contributed by atoms with van der Waals surface area (Å²) in [6.45, 7) is 4.00. The number of nitrogens with one attached hydrogen (secondary N) is 1. The molecule has 4 aromatic rings. The van der Waals surface area contributed by atoms with E-state index in [4.69, 9.17) is 21.7 Å². The summed E-state index contributed by atoms with van der Waals surface area (Å²) in [6.07, 6.45) is 3.81. The maximum Gasteiger partial charge on any atom is 0.339 e. The number of methoxy groups -OCH3 is 1. The van der Waals surface area contributed by atoms with Crippen molar-refractivity contribution < 1.29 is 14.3 Å². The highest BCUT2D eigenvalue weighted by molar-refractivity contribution is 7.80. The Morgan fingerprint density at radius 1 is 1.00 bits per heavy atom. The van der Waals surface area contributed by atoms with Crippen molar-refractivity contribution in [3.8, 4) is 11.4 Å². The third-order valence-corrected chi connectivity index (χ3v) is 6.55. The van der Waals surface area contributed by atoms with E-state index in [1.54, 1.807) is 12.3 Å². The normalized spacial score (nSPS) is 17.1. The highest BCUT2D eigenvalue weighted by Crippen LogP contribution is 2.42. The summed E-state index contributed by atoms with van der Waals surface area (Å²) in [5, 5.41) is 4.08. The van der Waals surface area contributed by atoms with Gasteiger partial charge in [0.1, 0.15) is 11.8 Å². The Hall–Kier alpha value is -4.17. The average Bonchev–Trinajstić information content (AvgIpc) is 3.53. The van der Waals surface area contributed by atoms with Crippen LogP contribution in [0.4, 0.5) is 5.69 Å². The minimum atomic E-state index is -0.394. The van der Waals surface area contributed by atoms with Crippen LogP contribution < -0.4 is 15.0 Å². The molecule has 0 saturated carbocycles. The zero-order valence-electron chi connectivity index (χ0n) is 20.9. The van der Waals surface area contributed by atoms with Gasteiger partial charge in [-0.2, -0.15) is 0 Å². The van der Waals surface area contributed by atoms with Crippen molar-refractivity contribution in [2.24, 2.45) is 0 Å². The lowest BCUT2D eigenvalue weighted by Gasteiger charge is -2.29. The first-order chi connectivity index (χ1) is 18.0. The van der Waals surface area contributed by atoms with Crippen LogP contribution >= 0.6 is 12.2 Å². The molecular formula is C29H28N4O3S. The number of esters is 1. The van der Waals surface area contributed by atoms with Crippen LogP contribution in [-0.4, -0.2) is 33.8 Å². The van der Waals surface area contributed by atoms with Crippen LogP contribution in [0.2, 0.25) is 0 Å². The molecule has 0 amide bonds. The monoisotopic (exact) mass is 512 g/mol. The predicted molar refractivity (Wildman–Crippen MR) is 147 cm³/mol. The second kappa shape index (κ2) is 10.4. The summed E-state index contributed by atoms with van der Waals surface area (Å²) >= 11 is 5.87.